The predicted molar refractivity (Wildman–Crippen MR) is 69.5 cm³/mol. The fourth-order valence-electron chi connectivity index (χ4n) is 3.16. The lowest BCUT2D eigenvalue weighted by molar-refractivity contribution is -0.167. The summed E-state index contributed by atoms with van der Waals surface area (Å²) >= 11 is 0. The van der Waals surface area contributed by atoms with Crippen molar-refractivity contribution >= 4 is 5.97 Å². The van der Waals surface area contributed by atoms with E-state index in [-0.39, 0.29) is 11.3 Å². The average molecular weight is 248 g/mol. The first-order valence-corrected chi connectivity index (χ1v) is 6.15. The number of rotatable bonds is 3. The van der Waals surface area contributed by atoms with Crippen molar-refractivity contribution < 1.29 is 15.0 Å². The van der Waals surface area contributed by atoms with Crippen LogP contribution in [0.15, 0.2) is 0 Å². The molecule has 0 heterocycles. The maximum absolute atomic E-state index is 11.6. The first-order valence-electron chi connectivity index (χ1n) is 6.15. The van der Waals surface area contributed by atoms with Crippen molar-refractivity contribution in [3.05, 3.63) is 0 Å². The zero-order chi connectivity index (χ0) is 14.0. The van der Waals surface area contributed by atoms with Gasteiger partial charge in [0.25, 0.3) is 0 Å². The van der Waals surface area contributed by atoms with Gasteiger partial charge in [-0.15, -0.1) is 18.8 Å². The largest absolute Gasteiger partial charge is 0.480 e. The van der Waals surface area contributed by atoms with Gasteiger partial charge in [-0.3, -0.25) is 4.79 Å². The maximum atomic E-state index is 11.6. The lowest BCUT2D eigenvalue weighted by atomic mass is 9.53. The standard InChI is InChI=1S/C15H20O3/c1-5-7-8-11-14(3,4)10-9-12(16)15(11,6-2)13(17)18/h1-2,11-12,16H,7-10H2,3-4H3,(H,17,18)/t11-,12+,15-/m0/s1. The van der Waals surface area contributed by atoms with Gasteiger partial charge in [-0.05, 0) is 30.6 Å². The third-order valence-corrected chi connectivity index (χ3v) is 4.25. The van der Waals surface area contributed by atoms with Gasteiger partial charge in [0.1, 0.15) is 0 Å². The Morgan fingerprint density at radius 1 is 1.44 bits per heavy atom. The molecule has 0 spiro atoms. The minimum Gasteiger partial charge on any atom is -0.480 e. The van der Waals surface area contributed by atoms with Gasteiger partial charge in [0.2, 0.25) is 0 Å². The Morgan fingerprint density at radius 3 is 2.50 bits per heavy atom. The molecule has 18 heavy (non-hydrogen) atoms. The van der Waals surface area contributed by atoms with Crippen LogP contribution in [0.4, 0.5) is 0 Å². The molecule has 0 bridgehead atoms. The second kappa shape index (κ2) is 5.04. The Balaban J connectivity index is 3.26. The van der Waals surface area contributed by atoms with Gasteiger partial charge in [0.05, 0.1) is 6.10 Å². The van der Waals surface area contributed by atoms with Crippen LogP contribution in [0, 0.1) is 41.4 Å². The summed E-state index contributed by atoms with van der Waals surface area (Å²) in [6.45, 7) is 3.99. The Morgan fingerprint density at radius 2 is 2.06 bits per heavy atom. The second-order valence-corrected chi connectivity index (χ2v) is 5.66. The van der Waals surface area contributed by atoms with E-state index in [9.17, 15) is 15.0 Å². The molecule has 98 valence electrons. The molecule has 1 aliphatic rings. The van der Waals surface area contributed by atoms with Gasteiger partial charge in [0.15, 0.2) is 5.41 Å². The number of carboxylic acids is 1. The number of hydrogen-bond donors (Lipinski definition) is 2. The summed E-state index contributed by atoms with van der Waals surface area (Å²) in [5.41, 5.74) is -1.75. The molecule has 0 unspecified atom stereocenters. The van der Waals surface area contributed by atoms with Gasteiger partial charge in [0, 0.05) is 6.42 Å². The van der Waals surface area contributed by atoms with Crippen molar-refractivity contribution in [1.29, 1.82) is 0 Å². The highest BCUT2D eigenvalue weighted by molar-refractivity contribution is 5.80. The Hall–Kier alpha value is -1.45. The van der Waals surface area contributed by atoms with E-state index in [0.29, 0.717) is 19.3 Å². The summed E-state index contributed by atoms with van der Waals surface area (Å²) in [5.74, 6) is 3.46. The lowest BCUT2D eigenvalue weighted by Gasteiger charge is -2.50. The van der Waals surface area contributed by atoms with Crippen LogP contribution in [-0.4, -0.2) is 22.3 Å². The molecule has 1 rings (SSSR count). The molecule has 3 heteroatoms. The van der Waals surface area contributed by atoms with Crippen molar-refractivity contribution in [2.45, 2.75) is 45.6 Å². The normalized spacial score (nSPS) is 34.3. The van der Waals surface area contributed by atoms with E-state index >= 15 is 0 Å². The summed E-state index contributed by atoms with van der Waals surface area (Å²) in [4.78, 5) is 11.6. The third kappa shape index (κ3) is 2.11. The zero-order valence-electron chi connectivity index (χ0n) is 10.9. The molecule has 2 N–H and O–H groups in total. The van der Waals surface area contributed by atoms with Gasteiger partial charge < -0.3 is 10.2 Å². The number of terminal acetylenes is 2. The Bertz CT molecular complexity index is 410. The van der Waals surface area contributed by atoms with Crippen LogP contribution in [0.1, 0.15) is 39.5 Å². The fraction of sp³-hybridized carbons (Fsp3) is 0.667. The molecule has 1 fully saturated rings. The summed E-state index contributed by atoms with van der Waals surface area (Å²) < 4.78 is 0. The zero-order valence-corrected chi connectivity index (χ0v) is 10.9. The molecule has 0 amide bonds. The Labute approximate surface area is 109 Å². The van der Waals surface area contributed by atoms with Crippen molar-refractivity contribution in [2.75, 3.05) is 0 Å². The number of carbonyl (C=O) groups is 1. The van der Waals surface area contributed by atoms with Crippen LogP contribution in [-0.2, 0) is 4.79 Å². The minimum absolute atomic E-state index is 0.235. The quantitative estimate of drug-likeness (QED) is 0.750. The molecular formula is C15H20O3. The Kier molecular flexibility index (Phi) is 4.09. The fourth-order valence-corrected chi connectivity index (χ4v) is 3.16. The first-order chi connectivity index (χ1) is 8.32. The summed E-state index contributed by atoms with van der Waals surface area (Å²) in [6.07, 6.45) is 11.9. The molecule has 1 saturated carbocycles. The molecule has 3 nitrogen and oxygen atoms in total. The smallest absolute Gasteiger partial charge is 0.324 e. The average Bonchev–Trinajstić information content (AvgIpc) is 2.30. The highest BCUT2D eigenvalue weighted by Gasteiger charge is 2.58. The second-order valence-electron chi connectivity index (χ2n) is 5.66. The van der Waals surface area contributed by atoms with Crippen molar-refractivity contribution in [3.63, 3.8) is 0 Å². The SMILES string of the molecule is C#CCC[C@H]1C(C)(C)CC[C@@H](O)[C@@]1(C#C)C(=O)O. The van der Waals surface area contributed by atoms with Crippen LogP contribution < -0.4 is 0 Å². The highest BCUT2D eigenvalue weighted by atomic mass is 16.4. The van der Waals surface area contributed by atoms with Gasteiger partial charge in [-0.1, -0.05) is 19.8 Å². The van der Waals surface area contributed by atoms with E-state index in [1.165, 1.54) is 0 Å². The molecular weight excluding hydrogens is 228 g/mol. The summed E-state index contributed by atoms with van der Waals surface area (Å²) in [6, 6.07) is 0. The number of aliphatic hydroxyl groups excluding tert-OH is 1. The monoisotopic (exact) mass is 248 g/mol. The van der Waals surface area contributed by atoms with Crippen molar-refractivity contribution in [3.8, 4) is 24.7 Å². The number of aliphatic hydroxyl groups is 1. The lowest BCUT2D eigenvalue weighted by Crippen LogP contribution is -2.55. The van der Waals surface area contributed by atoms with Crippen molar-refractivity contribution in [2.24, 2.45) is 16.7 Å². The first kappa shape index (κ1) is 14.6. The van der Waals surface area contributed by atoms with Gasteiger partial charge in [-0.25, -0.2) is 0 Å². The molecule has 0 saturated heterocycles. The van der Waals surface area contributed by atoms with E-state index in [1.54, 1.807) is 0 Å². The van der Waals surface area contributed by atoms with Crippen LogP contribution in [0.3, 0.4) is 0 Å². The highest BCUT2D eigenvalue weighted by Crippen LogP contribution is 2.53. The van der Waals surface area contributed by atoms with E-state index in [2.05, 4.69) is 11.8 Å². The van der Waals surface area contributed by atoms with Gasteiger partial charge >= 0.3 is 5.97 Å². The molecule has 0 aliphatic heterocycles. The minimum atomic E-state index is -1.52. The molecule has 3 atom stereocenters. The van der Waals surface area contributed by atoms with Crippen LogP contribution >= 0.6 is 0 Å². The van der Waals surface area contributed by atoms with E-state index in [4.69, 9.17) is 12.8 Å². The predicted octanol–water partition coefficient (Wildman–Crippen LogP) is 1.90. The number of aliphatic carboxylic acids is 1. The van der Waals surface area contributed by atoms with E-state index < -0.39 is 17.5 Å². The van der Waals surface area contributed by atoms with Crippen LogP contribution in [0.2, 0.25) is 0 Å². The summed E-state index contributed by atoms with van der Waals surface area (Å²) in [5, 5.41) is 19.6. The van der Waals surface area contributed by atoms with Crippen molar-refractivity contribution in [1.82, 2.24) is 0 Å². The molecule has 0 radical (unpaired) electrons. The van der Waals surface area contributed by atoms with E-state index in [1.807, 2.05) is 13.8 Å². The molecule has 0 aromatic rings. The third-order valence-electron chi connectivity index (χ3n) is 4.25. The van der Waals surface area contributed by atoms with Crippen LogP contribution in [0.25, 0.3) is 0 Å². The van der Waals surface area contributed by atoms with Crippen LogP contribution in [0.5, 0.6) is 0 Å². The van der Waals surface area contributed by atoms with E-state index in [0.717, 1.165) is 6.42 Å². The number of carboxylic acid groups (broad SMARTS) is 1. The maximum Gasteiger partial charge on any atom is 0.324 e. The number of hydrogen-bond acceptors (Lipinski definition) is 2. The topological polar surface area (TPSA) is 57.5 Å². The molecule has 0 aromatic heterocycles. The van der Waals surface area contributed by atoms with Gasteiger partial charge in [-0.2, -0.15) is 0 Å². The summed E-state index contributed by atoms with van der Waals surface area (Å²) in [7, 11) is 0. The molecule has 0 aromatic carbocycles. The molecule has 1 aliphatic carbocycles.